The molecule has 0 unspecified atom stereocenters. The third kappa shape index (κ3) is 3.29. The molecule has 1 aromatic carbocycles. The van der Waals surface area contributed by atoms with Crippen molar-refractivity contribution in [3.8, 4) is 0 Å². The third-order valence-electron chi connectivity index (χ3n) is 2.56. The standard InChI is InChI=1S/C12H14FN3O4/c1-2-3-15(4-5-17)12(18)9-6-8(13)7-10(11(9)14)16(19)20/h2,6-7,17H,1,3-5,14H2. The van der Waals surface area contributed by atoms with Gasteiger partial charge in [-0.25, -0.2) is 4.39 Å². The summed E-state index contributed by atoms with van der Waals surface area (Å²) in [5, 5.41) is 19.6. The van der Waals surface area contributed by atoms with E-state index in [2.05, 4.69) is 6.58 Å². The molecule has 0 spiro atoms. The van der Waals surface area contributed by atoms with Crippen LogP contribution in [-0.4, -0.2) is 40.5 Å². The van der Waals surface area contributed by atoms with Crippen molar-refractivity contribution < 1.29 is 19.2 Å². The first-order valence-electron chi connectivity index (χ1n) is 5.66. The SMILES string of the molecule is C=CCN(CCO)C(=O)c1cc(F)cc([N+](=O)[O-])c1N. The highest BCUT2D eigenvalue weighted by Crippen LogP contribution is 2.27. The highest BCUT2D eigenvalue weighted by Gasteiger charge is 2.24. The van der Waals surface area contributed by atoms with E-state index in [0.29, 0.717) is 6.07 Å². The van der Waals surface area contributed by atoms with Crippen LogP contribution < -0.4 is 5.73 Å². The van der Waals surface area contributed by atoms with Gasteiger partial charge in [-0.2, -0.15) is 0 Å². The van der Waals surface area contributed by atoms with Crippen molar-refractivity contribution in [2.75, 3.05) is 25.4 Å². The van der Waals surface area contributed by atoms with Gasteiger partial charge in [0.2, 0.25) is 0 Å². The molecule has 108 valence electrons. The van der Waals surface area contributed by atoms with E-state index in [0.717, 1.165) is 11.0 Å². The second kappa shape index (κ2) is 6.62. The average Bonchev–Trinajstić information content (AvgIpc) is 2.39. The molecular formula is C12H14FN3O4. The number of carbonyl (C=O) groups is 1. The van der Waals surface area contributed by atoms with Crippen molar-refractivity contribution in [3.05, 3.63) is 46.3 Å². The number of hydrogen-bond donors (Lipinski definition) is 2. The quantitative estimate of drug-likeness (QED) is 0.349. The van der Waals surface area contributed by atoms with Gasteiger partial charge in [-0.15, -0.1) is 6.58 Å². The van der Waals surface area contributed by atoms with Crippen molar-refractivity contribution in [2.24, 2.45) is 0 Å². The lowest BCUT2D eigenvalue weighted by Crippen LogP contribution is -2.34. The number of aliphatic hydroxyl groups excluding tert-OH is 1. The van der Waals surface area contributed by atoms with E-state index in [1.807, 2.05) is 0 Å². The molecule has 1 rings (SSSR count). The zero-order valence-corrected chi connectivity index (χ0v) is 10.6. The van der Waals surface area contributed by atoms with Crippen molar-refractivity contribution in [2.45, 2.75) is 0 Å². The highest BCUT2D eigenvalue weighted by atomic mass is 19.1. The summed E-state index contributed by atoms with van der Waals surface area (Å²) in [6, 6.07) is 1.48. The first-order chi connectivity index (χ1) is 9.42. The highest BCUT2D eigenvalue weighted by molar-refractivity contribution is 6.01. The zero-order chi connectivity index (χ0) is 15.3. The van der Waals surface area contributed by atoms with Crippen LogP contribution in [0.15, 0.2) is 24.8 Å². The minimum absolute atomic E-state index is 0.0192. The molecule has 0 bridgehead atoms. The van der Waals surface area contributed by atoms with Crippen molar-refractivity contribution in [1.29, 1.82) is 0 Å². The molecule has 0 fully saturated rings. The Labute approximate surface area is 114 Å². The Morgan fingerprint density at radius 1 is 1.60 bits per heavy atom. The van der Waals surface area contributed by atoms with E-state index in [9.17, 15) is 19.3 Å². The fourth-order valence-electron chi connectivity index (χ4n) is 1.65. The van der Waals surface area contributed by atoms with Gasteiger partial charge >= 0.3 is 0 Å². The topological polar surface area (TPSA) is 110 Å². The number of benzene rings is 1. The number of nitrogens with zero attached hydrogens (tertiary/aromatic N) is 2. The predicted octanol–water partition coefficient (Wildman–Crippen LogP) is 0.937. The number of halogens is 1. The summed E-state index contributed by atoms with van der Waals surface area (Å²) in [5.74, 6) is -1.64. The molecule has 0 saturated carbocycles. The first-order valence-corrected chi connectivity index (χ1v) is 5.66. The lowest BCUT2D eigenvalue weighted by atomic mass is 10.1. The lowest BCUT2D eigenvalue weighted by Gasteiger charge is -2.20. The molecule has 8 heteroatoms. The number of nitro groups is 1. The molecule has 0 radical (unpaired) electrons. The molecule has 3 N–H and O–H groups in total. The summed E-state index contributed by atoms with van der Waals surface area (Å²) in [6.07, 6.45) is 1.41. The Hall–Kier alpha value is -2.48. The van der Waals surface area contributed by atoms with Gasteiger partial charge < -0.3 is 15.7 Å². The maximum absolute atomic E-state index is 13.4. The molecule has 0 aliphatic rings. The van der Waals surface area contributed by atoms with E-state index in [1.54, 1.807) is 0 Å². The van der Waals surface area contributed by atoms with Gasteiger partial charge in [-0.05, 0) is 6.07 Å². The smallest absolute Gasteiger partial charge is 0.295 e. The Morgan fingerprint density at radius 3 is 2.75 bits per heavy atom. The van der Waals surface area contributed by atoms with Crippen molar-refractivity contribution >= 4 is 17.3 Å². The largest absolute Gasteiger partial charge is 0.395 e. The molecule has 1 aromatic rings. The number of amides is 1. The van der Waals surface area contributed by atoms with E-state index in [4.69, 9.17) is 10.8 Å². The predicted molar refractivity (Wildman–Crippen MR) is 70.7 cm³/mol. The number of carbonyl (C=O) groups excluding carboxylic acids is 1. The zero-order valence-electron chi connectivity index (χ0n) is 10.6. The normalized spacial score (nSPS) is 10.1. The van der Waals surface area contributed by atoms with Gasteiger partial charge in [0, 0.05) is 13.1 Å². The van der Waals surface area contributed by atoms with Crippen LogP contribution in [0.25, 0.3) is 0 Å². The second-order valence-electron chi connectivity index (χ2n) is 3.91. The van der Waals surface area contributed by atoms with E-state index >= 15 is 0 Å². The molecule has 7 nitrogen and oxygen atoms in total. The Balaban J connectivity index is 3.26. The van der Waals surface area contributed by atoms with Gasteiger partial charge in [0.1, 0.15) is 11.5 Å². The summed E-state index contributed by atoms with van der Waals surface area (Å²) in [5.41, 5.74) is 4.15. The Kier molecular flexibility index (Phi) is 5.15. The number of anilines is 1. The van der Waals surface area contributed by atoms with E-state index < -0.39 is 28.0 Å². The lowest BCUT2D eigenvalue weighted by molar-refractivity contribution is -0.384. The molecule has 0 atom stereocenters. The maximum atomic E-state index is 13.4. The summed E-state index contributed by atoms with van der Waals surface area (Å²) >= 11 is 0. The van der Waals surface area contributed by atoms with Crippen LogP contribution in [-0.2, 0) is 0 Å². The summed E-state index contributed by atoms with van der Waals surface area (Å²) in [7, 11) is 0. The van der Waals surface area contributed by atoms with Crippen LogP contribution in [0.3, 0.4) is 0 Å². The van der Waals surface area contributed by atoms with Crippen molar-refractivity contribution in [3.63, 3.8) is 0 Å². The van der Waals surface area contributed by atoms with Crippen LogP contribution in [0.2, 0.25) is 0 Å². The minimum atomic E-state index is -0.934. The molecule has 0 saturated heterocycles. The number of nitro benzene ring substituents is 1. The van der Waals surface area contributed by atoms with Crippen LogP contribution >= 0.6 is 0 Å². The van der Waals surface area contributed by atoms with E-state index in [-0.39, 0.29) is 25.3 Å². The molecular weight excluding hydrogens is 269 g/mol. The summed E-state index contributed by atoms with van der Waals surface area (Å²) < 4.78 is 13.4. The second-order valence-corrected chi connectivity index (χ2v) is 3.91. The Bertz CT molecular complexity index is 548. The number of rotatable bonds is 6. The number of hydrogen-bond acceptors (Lipinski definition) is 5. The van der Waals surface area contributed by atoms with Crippen LogP contribution in [0, 0.1) is 15.9 Å². The van der Waals surface area contributed by atoms with Crippen LogP contribution in [0.4, 0.5) is 15.8 Å². The van der Waals surface area contributed by atoms with Crippen LogP contribution in [0.5, 0.6) is 0 Å². The Morgan fingerprint density at radius 2 is 2.25 bits per heavy atom. The monoisotopic (exact) mass is 283 g/mol. The van der Waals surface area contributed by atoms with Gasteiger partial charge in [-0.1, -0.05) is 6.08 Å². The number of nitrogen functional groups attached to an aromatic ring is 1. The van der Waals surface area contributed by atoms with Gasteiger partial charge in [-0.3, -0.25) is 14.9 Å². The first kappa shape index (κ1) is 15.6. The molecule has 0 aliphatic heterocycles. The van der Waals surface area contributed by atoms with Gasteiger partial charge in [0.25, 0.3) is 11.6 Å². The maximum Gasteiger partial charge on any atom is 0.295 e. The molecule has 0 aliphatic carbocycles. The van der Waals surface area contributed by atoms with Gasteiger partial charge in [0.05, 0.1) is 23.2 Å². The average molecular weight is 283 g/mol. The number of nitrogens with two attached hydrogens (primary N) is 1. The summed E-state index contributed by atoms with van der Waals surface area (Å²) in [6.45, 7) is 3.23. The molecule has 0 aromatic heterocycles. The minimum Gasteiger partial charge on any atom is -0.395 e. The third-order valence-corrected chi connectivity index (χ3v) is 2.56. The number of aliphatic hydroxyl groups is 1. The fraction of sp³-hybridized carbons (Fsp3) is 0.250. The summed E-state index contributed by atoms with van der Waals surface area (Å²) in [4.78, 5) is 23.2. The van der Waals surface area contributed by atoms with Gasteiger partial charge in [0.15, 0.2) is 0 Å². The fourth-order valence-corrected chi connectivity index (χ4v) is 1.65. The molecule has 0 heterocycles. The molecule has 1 amide bonds. The molecule has 20 heavy (non-hydrogen) atoms. The van der Waals surface area contributed by atoms with E-state index in [1.165, 1.54) is 6.08 Å². The van der Waals surface area contributed by atoms with Crippen molar-refractivity contribution in [1.82, 2.24) is 4.90 Å². The van der Waals surface area contributed by atoms with Crippen LogP contribution in [0.1, 0.15) is 10.4 Å².